The third-order valence-corrected chi connectivity index (χ3v) is 1.21. The normalized spacial score (nSPS) is 7.64. The molecule has 0 unspecified atom stereocenters. The van der Waals surface area contributed by atoms with Gasteiger partial charge in [0, 0.05) is 0 Å². The SMILES string of the molecule is [CH2-]CCCC.[CH2-]CCCC.[Ni+2]. The maximum absolute atomic E-state index is 3.68. The minimum atomic E-state index is 0. The molecule has 0 radical (unpaired) electrons. The summed E-state index contributed by atoms with van der Waals surface area (Å²) >= 11 is 0. The van der Waals surface area contributed by atoms with Crippen LogP contribution in [0.25, 0.3) is 0 Å². The first kappa shape index (κ1) is 17.5. The van der Waals surface area contributed by atoms with E-state index in [9.17, 15) is 0 Å². The summed E-state index contributed by atoms with van der Waals surface area (Å²) in [7, 11) is 0. The van der Waals surface area contributed by atoms with Crippen molar-refractivity contribution in [1.82, 2.24) is 0 Å². The van der Waals surface area contributed by atoms with Gasteiger partial charge in [0.15, 0.2) is 0 Å². The van der Waals surface area contributed by atoms with Gasteiger partial charge in [-0.1, -0.05) is 39.5 Å². The van der Waals surface area contributed by atoms with Crippen LogP contribution in [0.4, 0.5) is 0 Å². The van der Waals surface area contributed by atoms with Crippen LogP contribution in [-0.2, 0) is 16.5 Å². The zero-order valence-electron chi connectivity index (χ0n) is 7.97. The van der Waals surface area contributed by atoms with Crippen LogP contribution in [0.2, 0.25) is 0 Å². The van der Waals surface area contributed by atoms with E-state index in [4.69, 9.17) is 0 Å². The summed E-state index contributed by atoms with van der Waals surface area (Å²) in [6.07, 6.45) is 7.31. The van der Waals surface area contributed by atoms with Gasteiger partial charge in [-0.15, -0.1) is 0 Å². The van der Waals surface area contributed by atoms with E-state index in [1.54, 1.807) is 0 Å². The van der Waals surface area contributed by atoms with Crippen molar-refractivity contribution in [3.8, 4) is 0 Å². The second kappa shape index (κ2) is 22.4. The minimum absolute atomic E-state index is 0. The van der Waals surface area contributed by atoms with Gasteiger partial charge in [-0.25, -0.2) is 0 Å². The molecule has 0 aromatic rings. The van der Waals surface area contributed by atoms with Gasteiger partial charge < -0.3 is 13.8 Å². The molecule has 1 heteroatoms. The van der Waals surface area contributed by atoms with Crippen molar-refractivity contribution in [2.45, 2.75) is 52.4 Å². The third kappa shape index (κ3) is 37.5. The van der Waals surface area contributed by atoms with Crippen LogP contribution >= 0.6 is 0 Å². The van der Waals surface area contributed by atoms with E-state index >= 15 is 0 Å². The van der Waals surface area contributed by atoms with Crippen LogP contribution in [0.3, 0.4) is 0 Å². The molecule has 0 aromatic carbocycles. The van der Waals surface area contributed by atoms with Gasteiger partial charge in [0.05, 0.1) is 0 Å². The summed E-state index contributed by atoms with van der Waals surface area (Å²) in [5.41, 5.74) is 0. The molecule has 0 heterocycles. The number of hydrogen-bond acceptors (Lipinski definition) is 0. The number of hydrogen-bond donors (Lipinski definition) is 0. The van der Waals surface area contributed by atoms with Crippen LogP contribution in [0.15, 0.2) is 0 Å². The van der Waals surface area contributed by atoms with E-state index in [-0.39, 0.29) is 16.5 Å². The Morgan fingerprint density at radius 1 is 0.818 bits per heavy atom. The molecule has 0 N–H and O–H groups in total. The van der Waals surface area contributed by atoms with E-state index in [1.807, 2.05) is 0 Å². The Morgan fingerprint density at radius 2 is 1.09 bits per heavy atom. The standard InChI is InChI=1S/2C5H11.Ni/c2*1-3-5-4-2;/h2*1,3-5H2,2H3;/q2*-1;+2. The molecule has 0 aliphatic rings. The van der Waals surface area contributed by atoms with Crippen LogP contribution in [0.5, 0.6) is 0 Å². The van der Waals surface area contributed by atoms with E-state index in [1.165, 1.54) is 25.7 Å². The third-order valence-electron chi connectivity index (χ3n) is 1.21. The summed E-state index contributed by atoms with van der Waals surface area (Å²) < 4.78 is 0. The van der Waals surface area contributed by atoms with Gasteiger partial charge in [0.25, 0.3) is 0 Å². The average Bonchev–Trinajstić information content (AvgIpc) is 1.93. The molecule has 0 saturated heterocycles. The molecule has 0 aliphatic heterocycles. The van der Waals surface area contributed by atoms with E-state index < -0.39 is 0 Å². The molecular formula is C10H22Ni. The van der Waals surface area contributed by atoms with Crippen molar-refractivity contribution in [2.75, 3.05) is 0 Å². The predicted octanol–water partition coefficient (Wildman–Crippen LogP) is 4.02. The first-order chi connectivity index (χ1) is 4.83. The van der Waals surface area contributed by atoms with Crippen molar-refractivity contribution < 1.29 is 16.5 Å². The summed E-state index contributed by atoms with van der Waals surface area (Å²) in [5, 5.41) is 0. The second-order valence-corrected chi connectivity index (χ2v) is 2.41. The minimum Gasteiger partial charge on any atom is -0.343 e. The van der Waals surface area contributed by atoms with Gasteiger partial charge in [-0.05, 0) is 0 Å². The van der Waals surface area contributed by atoms with Gasteiger partial charge in [-0.2, -0.15) is 12.8 Å². The summed E-state index contributed by atoms with van der Waals surface area (Å²) in [6, 6.07) is 0. The maximum atomic E-state index is 3.68. The maximum Gasteiger partial charge on any atom is 2.00 e. The first-order valence-corrected chi connectivity index (χ1v) is 4.41. The topological polar surface area (TPSA) is 0 Å². The first-order valence-electron chi connectivity index (χ1n) is 4.41. The predicted molar refractivity (Wildman–Crippen MR) is 49.8 cm³/mol. The quantitative estimate of drug-likeness (QED) is 0.475. The number of rotatable bonds is 4. The fourth-order valence-electron chi connectivity index (χ4n) is 0.500. The van der Waals surface area contributed by atoms with Crippen LogP contribution in [0, 0.1) is 13.8 Å². The van der Waals surface area contributed by atoms with Crippen molar-refractivity contribution in [1.29, 1.82) is 0 Å². The molecule has 11 heavy (non-hydrogen) atoms. The number of unbranched alkanes of at least 4 members (excludes halogenated alkanes) is 4. The van der Waals surface area contributed by atoms with Crippen molar-refractivity contribution >= 4 is 0 Å². The summed E-state index contributed by atoms with van der Waals surface area (Å²) in [4.78, 5) is 0. The van der Waals surface area contributed by atoms with Gasteiger partial charge in [-0.3, -0.25) is 0 Å². The van der Waals surface area contributed by atoms with Gasteiger partial charge in [0.2, 0.25) is 0 Å². The van der Waals surface area contributed by atoms with E-state index in [0.29, 0.717) is 0 Å². The van der Waals surface area contributed by atoms with Crippen molar-refractivity contribution in [2.24, 2.45) is 0 Å². The smallest absolute Gasteiger partial charge is 0.343 e. The largest absolute Gasteiger partial charge is 2.00 e. The Bertz CT molecular complexity index is 25.9. The van der Waals surface area contributed by atoms with Crippen LogP contribution in [0.1, 0.15) is 52.4 Å². The summed E-state index contributed by atoms with van der Waals surface area (Å²) in [5.74, 6) is 0. The fourth-order valence-corrected chi connectivity index (χ4v) is 0.500. The molecule has 72 valence electrons. The Hall–Kier alpha value is 0.494. The Balaban J connectivity index is -0.000000107. The molecule has 0 fully saturated rings. The van der Waals surface area contributed by atoms with E-state index in [0.717, 1.165) is 12.8 Å². The van der Waals surface area contributed by atoms with Crippen LogP contribution < -0.4 is 0 Å². The molecule has 0 spiro atoms. The van der Waals surface area contributed by atoms with Crippen molar-refractivity contribution in [3.63, 3.8) is 0 Å². The zero-order chi connectivity index (χ0) is 8.24. The fraction of sp³-hybridized carbons (Fsp3) is 0.800. The molecule has 0 bridgehead atoms. The van der Waals surface area contributed by atoms with E-state index in [2.05, 4.69) is 27.7 Å². The second-order valence-electron chi connectivity index (χ2n) is 2.41. The summed E-state index contributed by atoms with van der Waals surface area (Å²) in [6.45, 7) is 11.7. The average molecular weight is 201 g/mol. The zero-order valence-corrected chi connectivity index (χ0v) is 8.96. The molecule has 0 amide bonds. The van der Waals surface area contributed by atoms with Gasteiger partial charge >= 0.3 is 16.5 Å². The Kier molecular flexibility index (Phi) is 35.8. The molecule has 0 aromatic heterocycles. The molecule has 0 rings (SSSR count). The van der Waals surface area contributed by atoms with Crippen molar-refractivity contribution in [3.05, 3.63) is 13.8 Å². The molecule has 0 saturated carbocycles. The van der Waals surface area contributed by atoms with Crippen LogP contribution in [-0.4, -0.2) is 0 Å². The molecule has 0 aliphatic carbocycles. The molecular weight excluding hydrogens is 179 g/mol. The molecule has 0 atom stereocenters. The van der Waals surface area contributed by atoms with Gasteiger partial charge in [0.1, 0.15) is 0 Å². The Labute approximate surface area is 83.1 Å². The monoisotopic (exact) mass is 200 g/mol. The molecule has 0 nitrogen and oxygen atoms in total. The Morgan fingerprint density at radius 3 is 1.09 bits per heavy atom.